The van der Waals surface area contributed by atoms with Crippen LogP contribution in [-0.2, 0) is 4.74 Å². The molecule has 2 nitrogen and oxygen atoms in total. The minimum Gasteiger partial charge on any atom is -0.371 e. The Morgan fingerprint density at radius 2 is 1.93 bits per heavy atom. The Bertz CT molecular complexity index is 309. The van der Waals surface area contributed by atoms with Gasteiger partial charge in [0.25, 0.3) is 0 Å². The van der Waals surface area contributed by atoms with Gasteiger partial charge in [0, 0.05) is 13.1 Å². The molecule has 0 saturated carbocycles. The van der Waals surface area contributed by atoms with E-state index in [2.05, 4.69) is 5.32 Å². The molecule has 0 aromatic heterocycles. The van der Waals surface area contributed by atoms with Crippen molar-refractivity contribution in [2.45, 2.75) is 6.10 Å². The van der Waals surface area contributed by atoms with Gasteiger partial charge in [0.05, 0.1) is 12.2 Å². The van der Waals surface area contributed by atoms with Gasteiger partial charge in [-0.05, 0) is 12.1 Å². The second kappa shape index (κ2) is 5.39. The average Bonchev–Trinajstić information content (AvgIpc) is 2.19. The van der Waals surface area contributed by atoms with E-state index in [0.29, 0.717) is 13.2 Å². The van der Waals surface area contributed by atoms with E-state index in [4.69, 9.17) is 4.74 Å². The fourth-order valence-corrected chi connectivity index (χ4v) is 1.57. The first-order valence-corrected chi connectivity index (χ1v) is 4.55. The standard InChI is InChI=1S/C10H11F2NO.ClH/c11-7-2-1-3-8(12)10(7)9-6-13-4-5-14-9;/h1-3,9,13H,4-6H2;1H. The van der Waals surface area contributed by atoms with Crippen molar-refractivity contribution in [1.29, 1.82) is 0 Å². The molecule has 2 rings (SSSR count). The van der Waals surface area contributed by atoms with Gasteiger partial charge in [-0.2, -0.15) is 0 Å². The summed E-state index contributed by atoms with van der Waals surface area (Å²) in [4.78, 5) is 0. The topological polar surface area (TPSA) is 21.3 Å². The number of benzene rings is 1. The van der Waals surface area contributed by atoms with E-state index in [-0.39, 0.29) is 18.0 Å². The van der Waals surface area contributed by atoms with Crippen LogP contribution in [-0.4, -0.2) is 19.7 Å². The zero-order chi connectivity index (χ0) is 9.97. The number of halogens is 3. The molecule has 1 unspecified atom stereocenters. The Balaban J connectivity index is 0.00000112. The largest absolute Gasteiger partial charge is 0.371 e. The summed E-state index contributed by atoms with van der Waals surface area (Å²) in [5.41, 5.74) is 0.0275. The van der Waals surface area contributed by atoms with Gasteiger partial charge in [0.2, 0.25) is 0 Å². The zero-order valence-corrected chi connectivity index (χ0v) is 8.82. The highest BCUT2D eigenvalue weighted by molar-refractivity contribution is 5.85. The van der Waals surface area contributed by atoms with E-state index >= 15 is 0 Å². The van der Waals surface area contributed by atoms with Crippen LogP contribution in [0.2, 0.25) is 0 Å². The number of ether oxygens (including phenoxy) is 1. The molecular formula is C10H12ClF2NO. The van der Waals surface area contributed by atoms with Crippen molar-refractivity contribution >= 4 is 12.4 Å². The van der Waals surface area contributed by atoms with Crippen molar-refractivity contribution in [2.75, 3.05) is 19.7 Å². The fraction of sp³-hybridized carbons (Fsp3) is 0.400. The van der Waals surface area contributed by atoms with Gasteiger partial charge in [-0.15, -0.1) is 12.4 Å². The van der Waals surface area contributed by atoms with Crippen molar-refractivity contribution in [3.8, 4) is 0 Å². The van der Waals surface area contributed by atoms with Crippen LogP contribution in [0.5, 0.6) is 0 Å². The molecule has 0 aliphatic carbocycles. The summed E-state index contributed by atoms with van der Waals surface area (Å²) in [7, 11) is 0. The number of morpholine rings is 1. The fourth-order valence-electron chi connectivity index (χ4n) is 1.57. The molecule has 15 heavy (non-hydrogen) atoms. The first-order valence-electron chi connectivity index (χ1n) is 4.55. The second-order valence-electron chi connectivity index (χ2n) is 3.20. The summed E-state index contributed by atoms with van der Waals surface area (Å²) in [5.74, 6) is -1.09. The number of hydrogen-bond acceptors (Lipinski definition) is 2. The van der Waals surface area contributed by atoms with E-state index in [1.165, 1.54) is 18.2 Å². The molecule has 1 atom stereocenters. The number of rotatable bonds is 1. The predicted octanol–water partition coefficient (Wildman–Crippen LogP) is 2.05. The number of hydrogen-bond donors (Lipinski definition) is 1. The van der Waals surface area contributed by atoms with Crippen LogP contribution in [0.4, 0.5) is 8.78 Å². The molecule has 1 saturated heterocycles. The van der Waals surface area contributed by atoms with E-state index < -0.39 is 17.7 Å². The molecule has 0 amide bonds. The maximum absolute atomic E-state index is 13.3. The van der Waals surface area contributed by atoms with E-state index in [1.54, 1.807) is 0 Å². The minimum absolute atomic E-state index is 0. The molecule has 1 aromatic rings. The monoisotopic (exact) mass is 235 g/mol. The molecule has 1 aliphatic heterocycles. The lowest BCUT2D eigenvalue weighted by Gasteiger charge is -2.24. The smallest absolute Gasteiger partial charge is 0.132 e. The van der Waals surface area contributed by atoms with E-state index in [1.807, 2.05) is 0 Å². The van der Waals surface area contributed by atoms with Gasteiger partial charge in [0.1, 0.15) is 17.7 Å². The third-order valence-electron chi connectivity index (χ3n) is 2.25. The summed E-state index contributed by atoms with van der Waals surface area (Å²) >= 11 is 0. The van der Waals surface area contributed by atoms with Gasteiger partial charge in [-0.3, -0.25) is 0 Å². The molecule has 84 valence electrons. The molecule has 0 radical (unpaired) electrons. The predicted molar refractivity (Wildman–Crippen MR) is 55.2 cm³/mol. The highest BCUT2D eigenvalue weighted by atomic mass is 35.5. The lowest BCUT2D eigenvalue weighted by atomic mass is 10.1. The quantitative estimate of drug-likeness (QED) is 0.805. The Hall–Kier alpha value is -0.710. The van der Waals surface area contributed by atoms with Gasteiger partial charge in [-0.1, -0.05) is 6.07 Å². The van der Waals surface area contributed by atoms with Crippen LogP contribution < -0.4 is 5.32 Å². The molecule has 0 bridgehead atoms. The highest BCUT2D eigenvalue weighted by Crippen LogP contribution is 2.24. The van der Waals surface area contributed by atoms with Gasteiger partial charge in [0.15, 0.2) is 0 Å². The highest BCUT2D eigenvalue weighted by Gasteiger charge is 2.22. The lowest BCUT2D eigenvalue weighted by molar-refractivity contribution is 0.0232. The van der Waals surface area contributed by atoms with Gasteiger partial charge in [-0.25, -0.2) is 8.78 Å². The summed E-state index contributed by atoms with van der Waals surface area (Å²) in [6.45, 7) is 1.67. The summed E-state index contributed by atoms with van der Waals surface area (Å²) in [5, 5.41) is 3.03. The van der Waals surface area contributed by atoms with Crippen molar-refractivity contribution in [3.63, 3.8) is 0 Å². The van der Waals surface area contributed by atoms with Gasteiger partial charge >= 0.3 is 0 Å². The Morgan fingerprint density at radius 3 is 2.47 bits per heavy atom. The molecule has 0 spiro atoms. The molecular weight excluding hydrogens is 224 g/mol. The third kappa shape index (κ3) is 2.65. The summed E-state index contributed by atoms with van der Waals surface area (Å²) in [6.07, 6.45) is -0.509. The van der Waals surface area contributed by atoms with Crippen LogP contribution in [0, 0.1) is 11.6 Å². The molecule has 1 heterocycles. The molecule has 1 aliphatic rings. The Labute approximate surface area is 93.0 Å². The average molecular weight is 236 g/mol. The molecule has 1 aromatic carbocycles. The van der Waals surface area contributed by atoms with Crippen LogP contribution in [0.15, 0.2) is 18.2 Å². The Morgan fingerprint density at radius 1 is 1.27 bits per heavy atom. The van der Waals surface area contributed by atoms with Crippen molar-refractivity contribution in [1.82, 2.24) is 5.32 Å². The van der Waals surface area contributed by atoms with E-state index in [0.717, 1.165) is 6.54 Å². The third-order valence-corrected chi connectivity index (χ3v) is 2.25. The van der Waals surface area contributed by atoms with Crippen molar-refractivity contribution in [3.05, 3.63) is 35.4 Å². The maximum Gasteiger partial charge on any atom is 0.132 e. The minimum atomic E-state index is -0.543. The molecule has 5 heteroatoms. The summed E-state index contributed by atoms with van der Waals surface area (Å²) < 4.78 is 31.9. The summed E-state index contributed by atoms with van der Waals surface area (Å²) in [6, 6.07) is 3.84. The van der Waals surface area contributed by atoms with Crippen LogP contribution in [0.3, 0.4) is 0 Å². The zero-order valence-electron chi connectivity index (χ0n) is 8.00. The molecule has 1 fully saturated rings. The Kier molecular flexibility index (Phi) is 4.45. The van der Waals surface area contributed by atoms with Crippen molar-refractivity contribution < 1.29 is 13.5 Å². The number of nitrogens with one attached hydrogen (secondary N) is 1. The van der Waals surface area contributed by atoms with Crippen molar-refractivity contribution in [2.24, 2.45) is 0 Å². The maximum atomic E-state index is 13.3. The normalized spacial score (nSPS) is 20.8. The van der Waals surface area contributed by atoms with Gasteiger partial charge < -0.3 is 10.1 Å². The SMILES string of the molecule is Cl.Fc1cccc(F)c1C1CNCCO1. The van der Waals surface area contributed by atoms with E-state index in [9.17, 15) is 8.78 Å². The van der Waals surface area contributed by atoms with Crippen LogP contribution in [0.1, 0.15) is 11.7 Å². The van der Waals surface area contributed by atoms with Crippen LogP contribution in [0.25, 0.3) is 0 Å². The van der Waals surface area contributed by atoms with Crippen LogP contribution >= 0.6 is 12.4 Å². The second-order valence-corrected chi connectivity index (χ2v) is 3.20. The lowest BCUT2D eigenvalue weighted by Crippen LogP contribution is -2.34. The molecule has 1 N–H and O–H groups in total. The first-order chi connectivity index (χ1) is 6.79. The first kappa shape index (κ1) is 12.4.